The van der Waals surface area contributed by atoms with Gasteiger partial charge in [-0.25, -0.2) is 4.79 Å². The van der Waals surface area contributed by atoms with Crippen LogP contribution in [0.5, 0.6) is 0 Å². The summed E-state index contributed by atoms with van der Waals surface area (Å²) in [5.41, 5.74) is 0.940. The molecule has 2 aliphatic rings. The van der Waals surface area contributed by atoms with Crippen LogP contribution in [0.3, 0.4) is 0 Å². The number of carboxylic acids is 1. The SMILES string of the molecule is CCOC(=O)c1ccc(NC(=O)[C@@H]2[C@@H]3CC[C@H](C3)[C@H]2C(=O)[O-])cc1. The number of benzene rings is 1. The van der Waals surface area contributed by atoms with Crippen molar-refractivity contribution in [2.24, 2.45) is 23.7 Å². The van der Waals surface area contributed by atoms with Crippen LogP contribution in [0, 0.1) is 23.7 Å². The maximum Gasteiger partial charge on any atom is 0.338 e. The topological polar surface area (TPSA) is 95.5 Å². The number of anilines is 1. The first-order valence-electron chi connectivity index (χ1n) is 8.30. The predicted octanol–water partition coefficient (Wildman–Crippen LogP) is 1.21. The summed E-state index contributed by atoms with van der Waals surface area (Å²) < 4.78 is 4.91. The van der Waals surface area contributed by atoms with Gasteiger partial charge in [0.25, 0.3) is 0 Å². The van der Waals surface area contributed by atoms with Crippen LogP contribution >= 0.6 is 0 Å². The summed E-state index contributed by atoms with van der Waals surface area (Å²) in [6.07, 6.45) is 2.55. The third-order valence-electron chi connectivity index (χ3n) is 5.15. The van der Waals surface area contributed by atoms with Crippen LogP contribution in [0.2, 0.25) is 0 Å². The van der Waals surface area contributed by atoms with E-state index >= 15 is 0 Å². The lowest BCUT2D eigenvalue weighted by Gasteiger charge is -2.30. The number of ether oxygens (including phenoxy) is 1. The Bertz CT molecular complexity index is 654. The van der Waals surface area contributed by atoms with Crippen LogP contribution < -0.4 is 10.4 Å². The van der Waals surface area contributed by atoms with Gasteiger partial charge in [0.2, 0.25) is 5.91 Å². The van der Waals surface area contributed by atoms with Gasteiger partial charge in [-0.05, 0) is 62.3 Å². The van der Waals surface area contributed by atoms with E-state index in [1.165, 1.54) is 0 Å². The van der Waals surface area contributed by atoms with E-state index in [9.17, 15) is 19.5 Å². The molecule has 0 spiro atoms. The second-order valence-corrected chi connectivity index (χ2v) is 6.49. The fourth-order valence-electron chi connectivity index (χ4n) is 4.14. The maximum absolute atomic E-state index is 12.5. The van der Waals surface area contributed by atoms with Crippen LogP contribution in [0.4, 0.5) is 5.69 Å². The highest BCUT2D eigenvalue weighted by molar-refractivity contribution is 5.96. The molecule has 128 valence electrons. The normalized spacial score (nSPS) is 27.7. The van der Waals surface area contributed by atoms with Gasteiger partial charge >= 0.3 is 5.97 Å². The minimum Gasteiger partial charge on any atom is -0.550 e. The Hall–Kier alpha value is -2.37. The van der Waals surface area contributed by atoms with E-state index < -0.39 is 23.8 Å². The summed E-state index contributed by atoms with van der Waals surface area (Å²) in [6, 6.07) is 6.38. The number of carboxylic acid groups (broad SMARTS) is 1. The van der Waals surface area contributed by atoms with Crippen molar-refractivity contribution in [1.29, 1.82) is 0 Å². The van der Waals surface area contributed by atoms with E-state index in [2.05, 4.69) is 5.32 Å². The average molecular weight is 330 g/mol. The molecule has 0 saturated heterocycles. The molecule has 0 unspecified atom stereocenters. The molecule has 2 aliphatic carbocycles. The van der Waals surface area contributed by atoms with Crippen molar-refractivity contribution >= 4 is 23.5 Å². The molecule has 6 nitrogen and oxygen atoms in total. The van der Waals surface area contributed by atoms with Crippen LogP contribution in [0.25, 0.3) is 0 Å². The van der Waals surface area contributed by atoms with Crippen molar-refractivity contribution in [3.05, 3.63) is 29.8 Å². The minimum atomic E-state index is -1.12. The van der Waals surface area contributed by atoms with Gasteiger partial charge in [0.1, 0.15) is 0 Å². The molecule has 24 heavy (non-hydrogen) atoms. The Balaban J connectivity index is 1.68. The van der Waals surface area contributed by atoms with E-state index in [4.69, 9.17) is 4.74 Å². The van der Waals surface area contributed by atoms with Crippen LogP contribution in [-0.4, -0.2) is 24.5 Å². The van der Waals surface area contributed by atoms with Gasteiger partial charge in [0, 0.05) is 23.5 Å². The number of aliphatic carboxylic acids is 1. The summed E-state index contributed by atoms with van der Waals surface area (Å²) in [7, 11) is 0. The molecule has 4 atom stereocenters. The molecule has 0 radical (unpaired) electrons. The lowest BCUT2D eigenvalue weighted by Crippen LogP contribution is -2.43. The van der Waals surface area contributed by atoms with Gasteiger partial charge in [0.05, 0.1) is 12.2 Å². The summed E-state index contributed by atoms with van der Waals surface area (Å²) in [5, 5.41) is 14.2. The fourth-order valence-corrected chi connectivity index (χ4v) is 4.14. The van der Waals surface area contributed by atoms with E-state index in [-0.39, 0.29) is 17.7 Å². The molecular formula is C18H20NO5-. The fraction of sp³-hybridized carbons (Fsp3) is 0.500. The molecule has 0 heterocycles. The number of amides is 1. The molecule has 6 heteroatoms. The van der Waals surface area contributed by atoms with Gasteiger partial charge in [-0.3, -0.25) is 4.79 Å². The largest absolute Gasteiger partial charge is 0.550 e. The van der Waals surface area contributed by atoms with E-state index in [1.54, 1.807) is 31.2 Å². The number of hydrogen-bond acceptors (Lipinski definition) is 5. The highest BCUT2D eigenvalue weighted by Crippen LogP contribution is 2.52. The first-order chi connectivity index (χ1) is 11.5. The first kappa shape index (κ1) is 16.5. The van der Waals surface area contributed by atoms with Crippen LogP contribution in [0.15, 0.2) is 24.3 Å². The van der Waals surface area contributed by atoms with Crippen molar-refractivity contribution in [2.75, 3.05) is 11.9 Å². The van der Waals surface area contributed by atoms with E-state index in [0.29, 0.717) is 17.9 Å². The quantitative estimate of drug-likeness (QED) is 0.819. The van der Waals surface area contributed by atoms with Crippen LogP contribution in [0.1, 0.15) is 36.5 Å². The molecule has 0 aromatic heterocycles. The van der Waals surface area contributed by atoms with Gasteiger partial charge in [-0.1, -0.05) is 0 Å². The van der Waals surface area contributed by atoms with E-state index in [1.807, 2.05) is 0 Å². The number of carbonyl (C=O) groups is 3. The summed E-state index contributed by atoms with van der Waals surface area (Å²) in [4.78, 5) is 35.6. The van der Waals surface area contributed by atoms with Crippen molar-refractivity contribution in [1.82, 2.24) is 0 Å². The molecule has 1 N–H and O–H groups in total. The van der Waals surface area contributed by atoms with Gasteiger partial charge in [0.15, 0.2) is 0 Å². The standard InChI is InChI=1S/C18H21NO5/c1-2-24-18(23)10-5-7-13(8-6-10)19-16(20)14-11-3-4-12(9-11)15(14)17(21)22/h5-8,11-12,14-15H,2-4,9H2,1H3,(H,19,20)(H,21,22)/p-1/t11-,12-,14-,15-/m1/s1. The number of esters is 1. The average Bonchev–Trinajstić information content (AvgIpc) is 3.16. The second-order valence-electron chi connectivity index (χ2n) is 6.49. The molecule has 1 aromatic carbocycles. The number of nitrogens with one attached hydrogen (secondary N) is 1. The molecule has 1 amide bonds. The van der Waals surface area contributed by atoms with Crippen molar-refractivity contribution < 1.29 is 24.2 Å². The molecule has 1 aromatic rings. The van der Waals surface area contributed by atoms with Crippen LogP contribution in [-0.2, 0) is 14.3 Å². The molecule has 2 saturated carbocycles. The van der Waals surface area contributed by atoms with Gasteiger partial charge < -0.3 is 20.0 Å². The third kappa shape index (κ3) is 3.00. The molecule has 2 bridgehead atoms. The van der Waals surface area contributed by atoms with Crippen molar-refractivity contribution in [3.63, 3.8) is 0 Å². The smallest absolute Gasteiger partial charge is 0.338 e. The lowest BCUT2D eigenvalue weighted by molar-refractivity contribution is -0.314. The Morgan fingerprint density at radius 2 is 1.75 bits per heavy atom. The zero-order valence-electron chi connectivity index (χ0n) is 13.5. The summed E-state index contributed by atoms with van der Waals surface area (Å²) >= 11 is 0. The highest BCUT2D eigenvalue weighted by atomic mass is 16.5. The number of rotatable bonds is 5. The zero-order chi connectivity index (χ0) is 17.3. The third-order valence-corrected chi connectivity index (χ3v) is 5.15. The number of carbonyl (C=O) groups excluding carboxylic acids is 3. The van der Waals surface area contributed by atoms with Gasteiger partial charge in [-0.15, -0.1) is 0 Å². The Labute approximate surface area is 140 Å². The maximum atomic E-state index is 12.5. The highest BCUT2D eigenvalue weighted by Gasteiger charge is 2.51. The van der Waals surface area contributed by atoms with E-state index in [0.717, 1.165) is 19.3 Å². The minimum absolute atomic E-state index is 0.0574. The molecular weight excluding hydrogens is 310 g/mol. The monoisotopic (exact) mass is 330 g/mol. The lowest BCUT2D eigenvalue weighted by atomic mass is 9.78. The second kappa shape index (κ2) is 6.63. The van der Waals surface area contributed by atoms with Crippen molar-refractivity contribution in [3.8, 4) is 0 Å². The number of fused-ring (bicyclic) bond motifs is 2. The molecule has 0 aliphatic heterocycles. The Morgan fingerprint density at radius 3 is 2.33 bits per heavy atom. The molecule has 3 rings (SSSR count). The number of hydrogen-bond donors (Lipinski definition) is 1. The first-order valence-corrected chi connectivity index (χ1v) is 8.30. The summed E-state index contributed by atoms with van der Waals surface area (Å²) in [6.45, 7) is 2.03. The Kier molecular flexibility index (Phi) is 4.55. The van der Waals surface area contributed by atoms with Gasteiger partial charge in [-0.2, -0.15) is 0 Å². The zero-order valence-corrected chi connectivity index (χ0v) is 13.5. The summed E-state index contributed by atoms with van der Waals surface area (Å²) in [5.74, 6) is -2.86. The Morgan fingerprint density at radius 1 is 1.12 bits per heavy atom. The predicted molar refractivity (Wildman–Crippen MR) is 83.8 cm³/mol. The molecule has 2 fully saturated rings. The van der Waals surface area contributed by atoms with Crippen molar-refractivity contribution in [2.45, 2.75) is 26.2 Å².